The van der Waals surface area contributed by atoms with Gasteiger partial charge in [0.2, 0.25) is 0 Å². The number of hydrogen-bond acceptors (Lipinski definition) is 6. The van der Waals surface area contributed by atoms with E-state index in [0.29, 0.717) is 17.3 Å². The lowest BCUT2D eigenvalue weighted by molar-refractivity contribution is 0.590. The molecule has 6 nitrogen and oxygen atoms in total. The quantitative estimate of drug-likeness (QED) is 0.301. The maximum Gasteiger partial charge on any atom is 0.258 e. The molecule has 0 unspecified atom stereocenters. The number of aryl methyl sites for hydroxylation is 1. The van der Waals surface area contributed by atoms with E-state index in [1.165, 1.54) is 28.7 Å². The number of hydrogen-bond donors (Lipinski definition) is 0. The third-order valence-corrected chi connectivity index (χ3v) is 6.96. The predicted octanol–water partition coefficient (Wildman–Crippen LogP) is 5.10. The number of benzene rings is 1. The van der Waals surface area contributed by atoms with Crippen molar-refractivity contribution in [2.45, 2.75) is 50.6 Å². The van der Waals surface area contributed by atoms with Crippen molar-refractivity contribution < 1.29 is 0 Å². The number of nitrogens with zero attached hydrogens (tertiary/aromatic N) is 5. The lowest BCUT2D eigenvalue weighted by Gasteiger charge is -2.19. The molecule has 3 aromatic heterocycles. The maximum absolute atomic E-state index is 12.4. The molecular weight excluding hydrogens is 426 g/mol. The first kappa shape index (κ1) is 21.5. The van der Waals surface area contributed by atoms with E-state index < -0.39 is 0 Å². The summed E-state index contributed by atoms with van der Waals surface area (Å²) in [6.45, 7) is 13.0. The summed E-state index contributed by atoms with van der Waals surface area (Å²) in [4.78, 5) is 17.8. The van der Waals surface area contributed by atoms with Gasteiger partial charge in [0.05, 0.1) is 5.69 Å². The van der Waals surface area contributed by atoms with Gasteiger partial charge in [-0.25, -0.2) is 4.98 Å². The Bertz CT molecular complexity index is 1290. The second kappa shape index (κ2) is 8.43. The van der Waals surface area contributed by atoms with E-state index in [1.807, 2.05) is 22.9 Å². The summed E-state index contributed by atoms with van der Waals surface area (Å²) >= 11 is 3.00. The highest BCUT2D eigenvalue weighted by molar-refractivity contribution is 7.98. The van der Waals surface area contributed by atoms with E-state index in [9.17, 15) is 4.79 Å². The van der Waals surface area contributed by atoms with Gasteiger partial charge in [0.25, 0.3) is 5.56 Å². The van der Waals surface area contributed by atoms with Crippen molar-refractivity contribution in [3.05, 3.63) is 75.7 Å². The fourth-order valence-corrected chi connectivity index (χ4v) is 5.07. The van der Waals surface area contributed by atoms with Crippen molar-refractivity contribution in [1.29, 1.82) is 0 Å². The van der Waals surface area contributed by atoms with Crippen LogP contribution < -0.4 is 5.56 Å². The van der Waals surface area contributed by atoms with Crippen molar-refractivity contribution in [3.63, 3.8) is 0 Å². The topological polar surface area (TPSA) is 65.1 Å². The van der Waals surface area contributed by atoms with Crippen molar-refractivity contribution >= 4 is 28.1 Å². The molecule has 0 saturated heterocycles. The molecule has 0 fully saturated rings. The fourth-order valence-electron chi connectivity index (χ4n) is 3.34. The van der Waals surface area contributed by atoms with E-state index in [2.05, 4.69) is 66.8 Å². The SMILES string of the molecule is C=CCn1c(SCc2cc(=O)n3c(C)csc3n2)nnc1-c1ccc(C(C)(C)C)cc1. The third-order valence-electron chi connectivity index (χ3n) is 5.02. The molecule has 0 amide bonds. The van der Waals surface area contributed by atoms with Crippen molar-refractivity contribution in [1.82, 2.24) is 24.1 Å². The van der Waals surface area contributed by atoms with Crippen LogP contribution >= 0.6 is 23.1 Å². The number of aromatic nitrogens is 5. The Labute approximate surface area is 189 Å². The highest BCUT2D eigenvalue weighted by Gasteiger charge is 2.17. The highest BCUT2D eigenvalue weighted by Crippen LogP contribution is 2.29. The summed E-state index contributed by atoms with van der Waals surface area (Å²) in [6, 6.07) is 10.1. The van der Waals surface area contributed by atoms with E-state index in [4.69, 9.17) is 0 Å². The van der Waals surface area contributed by atoms with Crippen LogP contribution in [0.2, 0.25) is 0 Å². The first-order valence-corrected chi connectivity index (χ1v) is 11.9. The van der Waals surface area contributed by atoms with Crippen molar-refractivity contribution in [2.24, 2.45) is 0 Å². The third kappa shape index (κ3) is 4.36. The molecule has 1 aromatic carbocycles. The van der Waals surface area contributed by atoms with Crippen molar-refractivity contribution in [3.8, 4) is 11.4 Å². The number of fused-ring (bicyclic) bond motifs is 1. The second-order valence-corrected chi connectivity index (χ2v) is 10.2. The van der Waals surface area contributed by atoms with Crippen LogP contribution in [-0.2, 0) is 17.7 Å². The van der Waals surface area contributed by atoms with Gasteiger partial charge in [-0.2, -0.15) is 0 Å². The molecule has 160 valence electrons. The van der Waals surface area contributed by atoms with E-state index in [-0.39, 0.29) is 11.0 Å². The van der Waals surface area contributed by atoms with Crippen LogP contribution in [0.25, 0.3) is 16.3 Å². The van der Waals surface area contributed by atoms with Gasteiger partial charge in [-0.3, -0.25) is 13.8 Å². The maximum atomic E-state index is 12.4. The molecule has 0 aliphatic rings. The van der Waals surface area contributed by atoms with Crippen LogP contribution in [0.5, 0.6) is 0 Å². The molecular formula is C23H25N5OS2. The van der Waals surface area contributed by atoms with Gasteiger partial charge in [0.15, 0.2) is 15.9 Å². The van der Waals surface area contributed by atoms with Gasteiger partial charge >= 0.3 is 0 Å². The molecule has 0 aliphatic carbocycles. The van der Waals surface area contributed by atoms with Gasteiger partial charge in [-0.15, -0.1) is 28.1 Å². The van der Waals surface area contributed by atoms with Gasteiger partial charge in [0.1, 0.15) is 0 Å². The zero-order valence-corrected chi connectivity index (χ0v) is 19.8. The fraction of sp³-hybridized carbons (Fsp3) is 0.304. The van der Waals surface area contributed by atoms with Crippen LogP contribution in [0.3, 0.4) is 0 Å². The largest absolute Gasteiger partial charge is 0.298 e. The van der Waals surface area contributed by atoms with Gasteiger partial charge in [-0.1, -0.05) is 62.9 Å². The molecule has 0 atom stereocenters. The molecule has 4 aromatic rings. The molecule has 0 N–H and O–H groups in total. The predicted molar refractivity (Wildman–Crippen MR) is 128 cm³/mol. The Hall–Kier alpha value is -2.71. The zero-order chi connectivity index (χ0) is 22.2. The second-order valence-electron chi connectivity index (χ2n) is 8.40. The first-order valence-electron chi connectivity index (χ1n) is 10.0. The molecule has 3 heterocycles. The highest BCUT2D eigenvalue weighted by atomic mass is 32.2. The standard InChI is InChI=1S/C23H25N5OS2/c1-6-11-27-20(16-7-9-17(10-8-16)23(3,4)5)25-26-22(27)31-14-18-12-19(29)28-15(2)13-30-21(28)24-18/h6-10,12-13H,1,11,14H2,2-5H3. The van der Waals surface area contributed by atoms with Crippen LogP contribution in [0.1, 0.15) is 37.7 Å². The molecule has 0 spiro atoms. The summed E-state index contributed by atoms with van der Waals surface area (Å²) in [5.41, 5.74) is 3.98. The lowest BCUT2D eigenvalue weighted by Crippen LogP contribution is -2.14. The average molecular weight is 452 g/mol. The summed E-state index contributed by atoms with van der Waals surface area (Å²) in [7, 11) is 0. The summed E-state index contributed by atoms with van der Waals surface area (Å²) in [6.07, 6.45) is 1.84. The van der Waals surface area contributed by atoms with Crippen LogP contribution in [-0.4, -0.2) is 24.1 Å². The average Bonchev–Trinajstić information content (AvgIpc) is 3.30. The van der Waals surface area contributed by atoms with E-state index in [1.54, 1.807) is 10.5 Å². The Morgan fingerprint density at radius 1 is 1.19 bits per heavy atom. The normalized spacial score (nSPS) is 11.9. The summed E-state index contributed by atoms with van der Waals surface area (Å²) in [5, 5.41) is 11.6. The Kier molecular flexibility index (Phi) is 5.85. The molecule has 4 rings (SSSR count). The van der Waals surface area contributed by atoms with Crippen LogP contribution in [0.4, 0.5) is 0 Å². The van der Waals surface area contributed by atoms with Crippen LogP contribution in [0, 0.1) is 6.92 Å². The number of thioether (sulfide) groups is 1. The minimum Gasteiger partial charge on any atom is -0.298 e. The molecule has 0 bridgehead atoms. The zero-order valence-electron chi connectivity index (χ0n) is 18.1. The molecule has 0 saturated carbocycles. The first-order chi connectivity index (χ1) is 14.8. The summed E-state index contributed by atoms with van der Waals surface area (Å²) < 4.78 is 3.68. The molecule has 0 aliphatic heterocycles. The Morgan fingerprint density at radius 2 is 1.94 bits per heavy atom. The van der Waals surface area contributed by atoms with Gasteiger partial charge in [-0.05, 0) is 17.9 Å². The monoisotopic (exact) mass is 451 g/mol. The molecule has 0 radical (unpaired) electrons. The van der Waals surface area contributed by atoms with E-state index in [0.717, 1.165) is 27.9 Å². The smallest absolute Gasteiger partial charge is 0.258 e. The summed E-state index contributed by atoms with van der Waals surface area (Å²) in [5.74, 6) is 1.35. The number of rotatable bonds is 6. The van der Waals surface area contributed by atoms with Gasteiger partial charge in [0, 0.05) is 35.0 Å². The van der Waals surface area contributed by atoms with Gasteiger partial charge < -0.3 is 0 Å². The molecule has 31 heavy (non-hydrogen) atoms. The Morgan fingerprint density at radius 3 is 2.61 bits per heavy atom. The molecule has 8 heteroatoms. The number of allylic oxidation sites excluding steroid dienone is 1. The number of thiazole rings is 1. The Balaban J connectivity index is 1.60. The van der Waals surface area contributed by atoms with Crippen molar-refractivity contribution in [2.75, 3.05) is 0 Å². The minimum absolute atomic E-state index is 0.0495. The van der Waals surface area contributed by atoms with Crippen LogP contribution in [0.15, 0.2) is 58.3 Å². The van der Waals surface area contributed by atoms with E-state index >= 15 is 0 Å². The lowest BCUT2D eigenvalue weighted by atomic mass is 9.87. The minimum atomic E-state index is -0.0495.